The lowest BCUT2D eigenvalue weighted by molar-refractivity contribution is -0.468. The smallest absolute Gasteiger partial charge is 0.347 e. The Kier molecular flexibility index (Phi) is 3.94. The van der Waals surface area contributed by atoms with Crippen LogP contribution in [0.3, 0.4) is 0 Å². The van der Waals surface area contributed by atoms with Gasteiger partial charge in [-0.15, -0.1) is 11.6 Å². The van der Waals surface area contributed by atoms with E-state index in [4.69, 9.17) is 11.6 Å². The van der Waals surface area contributed by atoms with Gasteiger partial charge in [0.05, 0.1) is 10.3 Å². The molecule has 7 heteroatoms. The molecule has 0 radical (unpaired) electrons. The molecule has 0 fully saturated rings. The van der Waals surface area contributed by atoms with Crippen LogP contribution in [0.15, 0.2) is 24.3 Å². The van der Waals surface area contributed by atoms with Crippen LogP contribution in [-0.2, 0) is 5.88 Å². The maximum Gasteiger partial charge on any atom is 0.347 e. The highest BCUT2D eigenvalue weighted by atomic mass is 35.5. The molecule has 1 aromatic heterocycles. The standard InChI is InChI=1S/C13H14ClN3O3/c1-8(2)15-13(18)12-11(7-14)16(19)9-5-3-4-6-10(9)17(12)20/h3-6,8H,7H2,1-2H3,(H,15,18). The van der Waals surface area contributed by atoms with Crippen LogP contribution in [0.2, 0.25) is 0 Å². The number of aromatic nitrogens is 2. The van der Waals surface area contributed by atoms with Gasteiger partial charge in [0.1, 0.15) is 11.2 Å². The summed E-state index contributed by atoms with van der Waals surface area (Å²) in [6, 6.07) is 6.11. The van der Waals surface area contributed by atoms with Crippen LogP contribution in [0.4, 0.5) is 0 Å². The quantitative estimate of drug-likeness (QED) is 0.692. The predicted molar refractivity (Wildman–Crippen MR) is 76.2 cm³/mol. The maximum atomic E-state index is 12.3. The maximum absolute atomic E-state index is 12.3. The highest BCUT2D eigenvalue weighted by molar-refractivity contribution is 6.17. The topological polar surface area (TPSA) is 80.1 Å². The average Bonchev–Trinajstić information content (AvgIpc) is 2.41. The van der Waals surface area contributed by atoms with Gasteiger partial charge < -0.3 is 15.3 Å². The summed E-state index contributed by atoms with van der Waals surface area (Å²) in [5, 5.41) is 14.8. The summed E-state index contributed by atoms with van der Waals surface area (Å²) in [5.41, 5.74) is -0.00886. The highest BCUT2D eigenvalue weighted by Crippen LogP contribution is 2.16. The van der Waals surface area contributed by atoms with E-state index in [1.807, 2.05) is 0 Å². The van der Waals surface area contributed by atoms with Crippen molar-refractivity contribution in [3.05, 3.63) is 45.8 Å². The molecule has 0 aliphatic heterocycles. The fraction of sp³-hybridized carbons (Fsp3) is 0.308. The van der Waals surface area contributed by atoms with E-state index in [0.29, 0.717) is 9.16 Å². The van der Waals surface area contributed by atoms with Crippen LogP contribution < -0.4 is 9.74 Å². The lowest BCUT2D eigenvalue weighted by Gasteiger charge is -2.17. The Morgan fingerprint density at radius 2 is 2.10 bits per heavy atom. The number of hydrogen-bond donors (Lipinski definition) is 1. The largest absolute Gasteiger partial charge is 0.805 e. The molecule has 0 atom stereocenters. The molecule has 2 aromatic rings. The van der Waals surface area contributed by atoms with Crippen LogP contribution in [0.1, 0.15) is 30.0 Å². The molecule has 6 nitrogen and oxygen atoms in total. The number of benzene rings is 1. The molecule has 1 aromatic carbocycles. The van der Waals surface area contributed by atoms with Crippen molar-refractivity contribution >= 4 is 28.5 Å². The molecule has 0 spiro atoms. The van der Waals surface area contributed by atoms with Crippen LogP contribution in [-0.4, -0.2) is 16.7 Å². The molecule has 0 aliphatic rings. The Hall–Kier alpha value is -2.08. The van der Waals surface area contributed by atoms with Gasteiger partial charge in [0, 0.05) is 17.0 Å². The Bertz CT molecular complexity index is 725. The molecule has 20 heavy (non-hydrogen) atoms. The zero-order chi connectivity index (χ0) is 14.9. The number of rotatable bonds is 3. The lowest BCUT2D eigenvalue weighted by atomic mass is 10.2. The van der Waals surface area contributed by atoms with E-state index in [2.05, 4.69) is 5.32 Å². The lowest BCUT2D eigenvalue weighted by Crippen LogP contribution is -2.39. The van der Waals surface area contributed by atoms with Crippen molar-refractivity contribution in [2.75, 3.05) is 0 Å². The molecule has 0 saturated carbocycles. The second-order valence-electron chi connectivity index (χ2n) is 4.63. The van der Waals surface area contributed by atoms with E-state index < -0.39 is 5.91 Å². The summed E-state index contributed by atoms with van der Waals surface area (Å²) in [5.74, 6) is -0.835. The Labute approximate surface area is 120 Å². The summed E-state index contributed by atoms with van der Waals surface area (Å²) in [6.07, 6.45) is 0. The van der Waals surface area contributed by atoms with Gasteiger partial charge in [0.15, 0.2) is 0 Å². The summed E-state index contributed by atoms with van der Waals surface area (Å²) in [7, 11) is 0. The summed E-state index contributed by atoms with van der Waals surface area (Å²) < 4.78 is 0.991. The van der Waals surface area contributed by atoms with Crippen molar-refractivity contribution in [2.24, 2.45) is 0 Å². The Morgan fingerprint density at radius 1 is 1.45 bits per heavy atom. The molecule has 0 unspecified atom stereocenters. The molecule has 1 amide bonds. The number of nitrogens with zero attached hydrogens (tertiary/aromatic N) is 2. The number of fused-ring (bicyclic) bond motifs is 1. The van der Waals surface area contributed by atoms with Gasteiger partial charge in [0.2, 0.25) is 0 Å². The molecule has 0 bridgehead atoms. The number of hydrogen-bond acceptors (Lipinski definition) is 3. The fourth-order valence-corrected chi connectivity index (χ4v) is 2.19. The Morgan fingerprint density at radius 3 is 2.70 bits per heavy atom. The number of nitrogens with one attached hydrogen (secondary N) is 1. The first-order chi connectivity index (χ1) is 9.47. The van der Waals surface area contributed by atoms with Gasteiger partial charge in [0.25, 0.3) is 5.52 Å². The minimum absolute atomic E-state index is 0.0569. The van der Waals surface area contributed by atoms with E-state index in [1.54, 1.807) is 26.0 Å². The van der Waals surface area contributed by atoms with Gasteiger partial charge >= 0.3 is 11.6 Å². The number of amides is 1. The van der Waals surface area contributed by atoms with E-state index in [-0.39, 0.29) is 34.3 Å². The van der Waals surface area contributed by atoms with Crippen molar-refractivity contribution in [1.82, 2.24) is 10.0 Å². The first-order valence-corrected chi connectivity index (χ1v) is 6.64. The van der Waals surface area contributed by atoms with Crippen LogP contribution in [0.5, 0.6) is 0 Å². The number of carbonyl (C=O) groups excluding carboxylic acids is 1. The van der Waals surface area contributed by atoms with Gasteiger partial charge in [-0.25, -0.2) is 0 Å². The van der Waals surface area contributed by atoms with Crippen LogP contribution >= 0.6 is 11.6 Å². The molecule has 1 N–H and O–H groups in total. The summed E-state index contributed by atoms with van der Waals surface area (Å²) in [6.45, 7) is 3.53. The third-order valence-corrected chi connectivity index (χ3v) is 3.06. The SMILES string of the molecule is CC(C)NC(=O)c1c(CCl)n([O-])c2ccccc2[n+]1=O. The zero-order valence-corrected chi connectivity index (χ0v) is 11.8. The minimum atomic E-state index is -0.610. The Balaban J connectivity index is 2.79. The highest BCUT2D eigenvalue weighted by Gasteiger charge is 2.28. The van der Waals surface area contributed by atoms with Crippen LogP contribution in [0.25, 0.3) is 11.0 Å². The van der Waals surface area contributed by atoms with Crippen molar-refractivity contribution in [3.8, 4) is 0 Å². The number of para-hydroxylation sites is 2. The van der Waals surface area contributed by atoms with Crippen LogP contribution in [0, 0.1) is 10.1 Å². The first-order valence-electron chi connectivity index (χ1n) is 6.11. The van der Waals surface area contributed by atoms with Gasteiger partial charge in [-0.1, -0.05) is 12.1 Å². The molecule has 2 rings (SSSR count). The zero-order valence-electron chi connectivity index (χ0n) is 11.1. The minimum Gasteiger partial charge on any atom is -0.805 e. The fourth-order valence-electron chi connectivity index (χ4n) is 1.96. The van der Waals surface area contributed by atoms with E-state index in [1.165, 1.54) is 12.1 Å². The van der Waals surface area contributed by atoms with Gasteiger partial charge in [-0.05, 0) is 19.9 Å². The molecular weight excluding hydrogens is 282 g/mol. The second kappa shape index (κ2) is 5.50. The number of alkyl halides is 1. The molecule has 0 aliphatic carbocycles. The third-order valence-electron chi connectivity index (χ3n) is 2.80. The average molecular weight is 296 g/mol. The van der Waals surface area contributed by atoms with Gasteiger partial charge in [-0.2, -0.15) is 0 Å². The monoisotopic (exact) mass is 295 g/mol. The normalized spacial score (nSPS) is 11.0. The first kappa shape index (κ1) is 14.3. The molecule has 0 saturated heterocycles. The molecule has 106 valence electrons. The van der Waals surface area contributed by atoms with E-state index in [9.17, 15) is 14.9 Å². The van der Waals surface area contributed by atoms with E-state index in [0.717, 1.165) is 0 Å². The third kappa shape index (κ3) is 2.34. The predicted octanol–water partition coefficient (Wildman–Crippen LogP) is 1.78. The summed E-state index contributed by atoms with van der Waals surface area (Å²) in [4.78, 5) is 24.4. The van der Waals surface area contributed by atoms with Crippen molar-refractivity contribution in [3.63, 3.8) is 0 Å². The number of carbonyl (C=O) groups is 1. The van der Waals surface area contributed by atoms with Crippen molar-refractivity contribution in [1.29, 1.82) is 0 Å². The molecule has 1 heterocycles. The van der Waals surface area contributed by atoms with Crippen molar-refractivity contribution < 1.29 is 9.22 Å². The molecular formula is C13H14ClN3O3. The van der Waals surface area contributed by atoms with Gasteiger partial charge in [-0.3, -0.25) is 4.79 Å². The second-order valence-corrected chi connectivity index (χ2v) is 4.90. The summed E-state index contributed by atoms with van der Waals surface area (Å²) >= 11 is 5.74. The number of halogens is 1. The van der Waals surface area contributed by atoms with Crippen molar-refractivity contribution in [2.45, 2.75) is 25.8 Å². The van der Waals surface area contributed by atoms with E-state index >= 15 is 0 Å².